The third-order valence-corrected chi connectivity index (χ3v) is 6.61. The molecule has 0 aromatic heterocycles. The Hall–Kier alpha value is 0.353. The van der Waals surface area contributed by atoms with E-state index in [9.17, 15) is 9.59 Å². The van der Waals surface area contributed by atoms with Gasteiger partial charge >= 0.3 is 83.1 Å². The quantitative estimate of drug-likeness (QED) is 0.0844. The molecular formula is C30H48KO6Os-2. The Labute approximate surface area is 287 Å². The Kier molecular flexibility index (Phi) is 25.9. The summed E-state index contributed by atoms with van der Waals surface area (Å²) in [5.41, 5.74) is 0.724. The number of allylic oxidation sites excluding steroid dienone is 4. The summed E-state index contributed by atoms with van der Waals surface area (Å²) in [4.78, 5) is 24.9. The Morgan fingerprint density at radius 1 is 1.29 bits per heavy atom. The Balaban J connectivity index is -0.00000239. The van der Waals surface area contributed by atoms with Crippen molar-refractivity contribution in [3.63, 3.8) is 0 Å². The van der Waals surface area contributed by atoms with Crippen molar-refractivity contribution in [1.29, 1.82) is 0 Å². The van der Waals surface area contributed by atoms with Crippen molar-refractivity contribution in [3.05, 3.63) is 55.4 Å². The molecule has 1 fully saturated rings. The number of rotatable bonds is 10. The Morgan fingerprint density at radius 2 is 1.95 bits per heavy atom. The molecule has 0 bridgehead atoms. The van der Waals surface area contributed by atoms with Gasteiger partial charge in [-0.1, -0.05) is 82.2 Å². The molecule has 1 aliphatic heterocycles. The van der Waals surface area contributed by atoms with Gasteiger partial charge in [0.05, 0.1) is 6.61 Å². The van der Waals surface area contributed by atoms with Gasteiger partial charge in [0.2, 0.25) is 0 Å². The molecule has 3 unspecified atom stereocenters. The van der Waals surface area contributed by atoms with Gasteiger partial charge in [-0.05, 0) is 31.8 Å². The summed E-state index contributed by atoms with van der Waals surface area (Å²) in [5.74, 6) is 1.13. The molecule has 1 heterocycles. The van der Waals surface area contributed by atoms with E-state index in [1.165, 1.54) is 11.6 Å². The zero-order valence-corrected chi connectivity index (χ0v) is 30.4. The van der Waals surface area contributed by atoms with Gasteiger partial charge in [0.15, 0.2) is 0 Å². The topological polar surface area (TPSA) is 91.8 Å². The van der Waals surface area contributed by atoms with Gasteiger partial charge in [-0.25, -0.2) is 11.4 Å². The maximum Gasteiger partial charge on any atom is 1.00 e. The molecular weight excluding hydrogens is 686 g/mol. The molecule has 38 heavy (non-hydrogen) atoms. The van der Waals surface area contributed by atoms with E-state index in [2.05, 4.69) is 33.8 Å². The third-order valence-electron chi connectivity index (χ3n) is 6.61. The van der Waals surface area contributed by atoms with Crippen LogP contribution in [0.2, 0.25) is 0 Å². The van der Waals surface area contributed by atoms with E-state index >= 15 is 0 Å². The second-order valence-corrected chi connectivity index (χ2v) is 9.91. The van der Waals surface area contributed by atoms with E-state index in [1.807, 2.05) is 39.8 Å². The maximum absolute atomic E-state index is 12.5. The van der Waals surface area contributed by atoms with Gasteiger partial charge in [-0.15, -0.1) is 6.42 Å². The fourth-order valence-electron chi connectivity index (χ4n) is 4.20. The second kappa shape index (κ2) is 23.0. The summed E-state index contributed by atoms with van der Waals surface area (Å²) in [6.45, 7) is 20.2. The first-order valence-corrected chi connectivity index (χ1v) is 13.1. The van der Waals surface area contributed by atoms with Gasteiger partial charge in [-0.2, -0.15) is 13.3 Å². The van der Waals surface area contributed by atoms with Crippen molar-refractivity contribution in [3.8, 4) is 0 Å². The van der Waals surface area contributed by atoms with Crippen LogP contribution in [-0.4, -0.2) is 36.2 Å². The number of carbonyl (C=O) groups is 2. The van der Waals surface area contributed by atoms with Crippen LogP contribution in [0, 0.1) is 36.7 Å². The van der Waals surface area contributed by atoms with Gasteiger partial charge in [-0.3, -0.25) is 10.7 Å². The fourth-order valence-corrected chi connectivity index (χ4v) is 4.20. The number of carbonyl (C=O) groups excluding carboxylic acids is 2. The standard InChI is InChI=1S/C28H41O5.C2H6.K.H2O.Os/c1-7-21(4)18-27(30)32-19-28-15-13-22(5)17-25(28)31-16-14-24(23(28)6)33-26(29)12-10-8-9-11-20(2)3;1-2;;;/h8-10,12,16-17,20-21,24-25H,1,7,11,13-15,18-19H2,2-6H3;1-2H3;;1H2;/q-3;;+1;;+1/p-1/b9-8+,12-10-;;;;/t21?,24?,25?,28-;;;;/m0..../s1. The predicted molar refractivity (Wildman–Crippen MR) is 144 cm³/mol. The minimum absolute atomic E-state index is 0. The summed E-state index contributed by atoms with van der Waals surface area (Å²) >= 11 is 0. The molecule has 215 valence electrons. The average molecular weight is 734 g/mol. The van der Waals surface area contributed by atoms with Gasteiger partial charge in [0.25, 0.3) is 0 Å². The first-order valence-electron chi connectivity index (χ1n) is 13.1. The first kappa shape index (κ1) is 42.8. The monoisotopic (exact) mass is 735 g/mol. The van der Waals surface area contributed by atoms with Gasteiger partial charge < -0.3 is 26.6 Å². The van der Waals surface area contributed by atoms with Crippen LogP contribution < -0.4 is 51.4 Å². The van der Waals surface area contributed by atoms with E-state index in [1.54, 1.807) is 12.7 Å². The van der Waals surface area contributed by atoms with Crippen LogP contribution in [0.4, 0.5) is 0 Å². The number of hydrogen-bond acceptors (Lipinski definition) is 6. The normalized spacial score (nSPS) is 23.9. The Bertz CT molecular complexity index is 751. The van der Waals surface area contributed by atoms with E-state index in [0.29, 0.717) is 25.2 Å². The minimum atomic E-state index is -0.526. The molecule has 0 spiro atoms. The van der Waals surface area contributed by atoms with Crippen LogP contribution >= 0.6 is 0 Å². The molecule has 2 rings (SSSR count). The average Bonchev–Trinajstić information content (AvgIpc) is 2.95. The largest absolute Gasteiger partial charge is 1.00 e. The summed E-state index contributed by atoms with van der Waals surface area (Å²) in [6.07, 6.45) is 12.6. The maximum atomic E-state index is 12.5. The van der Waals surface area contributed by atoms with E-state index < -0.39 is 11.5 Å². The molecule has 1 radical (unpaired) electrons. The van der Waals surface area contributed by atoms with Gasteiger partial charge in [0, 0.05) is 18.6 Å². The molecule has 2 aliphatic rings. The fraction of sp³-hybridized carbons (Fsp3) is 0.633. The SMILES string of the molecule is CC.[CH2-]CC(C)CC(=O)OC[C@]12CCC(C)=CC1O[CH-]CC(OC(=O)/C=C\C=C\CC(C)C)[C-]2C.[K+].[OH-].[Os+]. The third kappa shape index (κ3) is 14.3. The van der Waals surface area contributed by atoms with Crippen molar-refractivity contribution in [2.45, 2.75) is 99.2 Å². The number of fused-ring (bicyclic) bond motifs is 1. The molecule has 0 saturated carbocycles. The molecule has 0 aromatic carbocycles. The molecule has 1 N–H and O–H groups in total. The van der Waals surface area contributed by atoms with Crippen LogP contribution in [0.3, 0.4) is 0 Å². The van der Waals surface area contributed by atoms with Crippen LogP contribution in [-0.2, 0) is 43.6 Å². The van der Waals surface area contributed by atoms with Crippen molar-refractivity contribution < 1.29 is 100 Å². The van der Waals surface area contributed by atoms with Crippen molar-refractivity contribution >= 4 is 11.9 Å². The van der Waals surface area contributed by atoms with Crippen molar-refractivity contribution in [2.75, 3.05) is 6.61 Å². The molecule has 4 atom stereocenters. The van der Waals surface area contributed by atoms with Crippen molar-refractivity contribution in [1.82, 2.24) is 0 Å². The number of hydrogen-bond donors (Lipinski definition) is 0. The smallest absolute Gasteiger partial charge is 0.870 e. The molecule has 6 nitrogen and oxygen atoms in total. The van der Waals surface area contributed by atoms with E-state index in [-0.39, 0.29) is 107 Å². The summed E-state index contributed by atoms with van der Waals surface area (Å²) in [6, 6.07) is 0. The molecule has 1 saturated heterocycles. The predicted octanol–water partition coefficient (Wildman–Crippen LogP) is 3.97. The van der Waals surface area contributed by atoms with Gasteiger partial charge in [0.1, 0.15) is 0 Å². The minimum Gasteiger partial charge on any atom is -0.870 e. The molecule has 0 amide bonds. The molecule has 0 aromatic rings. The van der Waals surface area contributed by atoms with E-state index in [0.717, 1.165) is 25.2 Å². The molecule has 1 aliphatic carbocycles. The summed E-state index contributed by atoms with van der Waals surface area (Å²) < 4.78 is 17.7. The Morgan fingerprint density at radius 3 is 2.55 bits per heavy atom. The van der Waals surface area contributed by atoms with Crippen LogP contribution in [0.15, 0.2) is 36.0 Å². The van der Waals surface area contributed by atoms with Crippen LogP contribution in [0.5, 0.6) is 0 Å². The second-order valence-electron chi connectivity index (χ2n) is 9.91. The number of ether oxygens (including phenoxy) is 3. The summed E-state index contributed by atoms with van der Waals surface area (Å²) in [7, 11) is 0. The zero-order chi connectivity index (χ0) is 26.4. The zero-order valence-electron chi connectivity index (χ0n) is 24.8. The van der Waals surface area contributed by atoms with Crippen LogP contribution in [0.1, 0.15) is 87.0 Å². The van der Waals surface area contributed by atoms with Crippen LogP contribution in [0.25, 0.3) is 0 Å². The van der Waals surface area contributed by atoms with Crippen molar-refractivity contribution in [2.24, 2.45) is 17.3 Å². The molecule has 8 heteroatoms. The first-order chi connectivity index (χ1) is 16.7. The number of esters is 2. The van der Waals surface area contributed by atoms with E-state index in [4.69, 9.17) is 14.2 Å². The summed E-state index contributed by atoms with van der Waals surface area (Å²) in [5, 5.41) is 0.